The summed E-state index contributed by atoms with van der Waals surface area (Å²) in [7, 11) is 0. The van der Waals surface area contributed by atoms with Gasteiger partial charge in [0.15, 0.2) is 0 Å². The van der Waals surface area contributed by atoms with Crippen molar-refractivity contribution in [3.8, 4) is 0 Å². The summed E-state index contributed by atoms with van der Waals surface area (Å²) < 4.78 is 13.8. The smallest absolute Gasteiger partial charge is 0.293 e. The van der Waals surface area contributed by atoms with Gasteiger partial charge in [0, 0.05) is 25.2 Å². The van der Waals surface area contributed by atoms with Gasteiger partial charge in [0.2, 0.25) is 5.91 Å². The molecular formula is C22H20FN3O4S2. The average molecular weight is 474 g/mol. The molecule has 1 N–H and O–H groups in total. The summed E-state index contributed by atoms with van der Waals surface area (Å²) >= 11 is 2.07. The third-order valence-corrected chi connectivity index (χ3v) is 7.01. The van der Waals surface area contributed by atoms with Crippen LogP contribution in [-0.2, 0) is 9.59 Å². The Kier molecular flexibility index (Phi) is 6.71. The Morgan fingerprint density at radius 1 is 1.19 bits per heavy atom. The fraction of sp³-hybridized carbons (Fsp3) is 0.273. The fourth-order valence-electron chi connectivity index (χ4n) is 3.66. The highest BCUT2D eigenvalue weighted by Gasteiger charge is 2.37. The maximum absolute atomic E-state index is 13.8. The Labute approximate surface area is 192 Å². The molecule has 4 rings (SSSR count). The lowest BCUT2D eigenvalue weighted by molar-refractivity contribution is -0.126. The summed E-state index contributed by atoms with van der Waals surface area (Å²) in [4.78, 5) is 53.4. The van der Waals surface area contributed by atoms with Crippen LogP contribution < -0.4 is 5.32 Å². The Hall–Kier alpha value is -2.98. The van der Waals surface area contributed by atoms with E-state index in [9.17, 15) is 23.6 Å². The topological polar surface area (TPSA) is 86.8 Å². The predicted octanol–water partition coefficient (Wildman–Crippen LogP) is 3.34. The summed E-state index contributed by atoms with van der Waals surface area (Å²) in [6.07, 6.45) is 2.65. The second kappa shape index (κ2) is 9.66. The van der Waals surface area contributed by atoms with Crippen LogP contribution in [0.5, 0.6) is 0 Å². The van der Waals surface area contributed by atoms with E-state index in [0.717, 1.165) is 23.1 Å². The van der Waals surface area contributed by atoms with Gasteiger partial charge in [-0.2, -0.15) is 0 Å². The lowest BCUT2D eigenvalue weighted by Gasteiger charge is -2.23. The van der Waals surface area contributed by atoms with E-state index in [1.54, 1.807) is 29.2 Å². The van der Waals surface area contributed by atoms with Gasteiger partial charge in [0.25, 0.3) is 17.1 Å². The maximum atomic E-state index is 13.8. The molecule has 0 bridgehead atoms. The van der Waals surface area contributed by atoms with E-state index in [4.69, 9.17) is 0 Å². The molecule has 10 heteroatoms. The van der Waals surface area contributed by atoms with Crippen molar-refractivity contribution < 1.29 is 23.6 Å². The number of likely N-dealkylation sites (tertiary alicyclic amines) is 1. The summed E-state index contributed by atoms with van der Waals surface area (Å²) in [5, 5.41) is 4.08. The molecule has 32 heavy (non-hydrogen) atoms. The van der Waals surface area contributed by atoms with E-state index in [2.05, 4.69) is 5.32 Å². The number of thioether (sulfide) groups is 1. The Bertz CT molecular complexity index is 1090. The number of rotatable bonds is 6. The molecule has 0 aliphatic carbocycles. The van der Waals surface area contributed by atoms with Crippen LogP contribution in [0.15, 0.2) is 46.7 Å². The molecule has 2 aliphatic heterocycles. The molecule has 0 saturated carbocycles. The molecule has 1 unspecified atom stereocenters. The van der Waals surface area contributed by atoms with E-state index < -0.39 is 23.0 Å². The highest BCUT2D eigenvalue weighted by molar-refractivity contribution is 8.18. The number of carbonyl (C=O) groups excluding carboxylic acids is 4. The van der Waals surface area contributed by atoms with Crippen LogP contribution in [0.4, 0.5) is 9.18 Å². The number of nitrogens with one attached hydrogen (secondary N) is 1. The number of halogens is 1. The summed E-state index contributed by atoms with van der Waals surface area (Å²) in [5.41, 5.74) is 0.225. The Morgan fingerprint density at radius 2 is 2.00 bits per heavy atom. The number of imide groups is 1. The first-order chi connectivity index (χ1) is 15.5. The van der Waals surface area contributed by atoms with E-state index in [-0.39, 0.29) is 35.4 Å². The lowest BCUT2D eigenvalue weighted by Crippen LogP contribution is -2.47. The molecule has 1 atom stereocenters. The number of amides is 4. The van der Waals surface area contributed by atoms with Crippen LogP contribution in [0.3, 0.4) is 0 Å². The molecule has 166 valence electrons. The molecule has 4 amide bonds. The van der Waals surface area contributed by atoms with Gasteiger partial charge < -0.3 is 10.2 Å². The minimum atomic E-state index is -0.569. The summed E-state index contributed by atoms with van der Waals surface area (Å²) in [6, 6.07) is 8.94. The van der Waals surface area contributed by atoms with Crippen LogP contribution >= 0.6 is 23.1 Å². The van der Waals surface area contributed by atoms with Crippen LogP contribution in [0.1, 0.15) is 28.1 Å². The SMILES string of the molecule is O=C(NCCN1C(=O)S/C(=C\c2ccccc2F)C1=O)C1CCCN1C(=O)c1cccs1. The van der Waals surface area contributed by atoms with Crippen LogP contribution in [0.2, 0.25) is 0 Å². The minimum Gasteiger partial charge on any atom is -0.353 e. The largest absolute Gasteiger partial charge is 0.353 e. The number of thiophene rings is 1. The minimum absolute atomic E-state index is 0.00336. The van der Waals surface area contributed by atoms with Crippen molar-refractivity contribution in [1.29, 1.82) is 0 Å². The molecule has 0 radical (unpaired) electrons. The Balaban J connectivity index is 1.33. The lowest BCUT2D eigenvalue weighted by atomic mass is 10.2. The molecule has 2 aliphatic rings. The van der Waals surface area contributed by atoms with Crippen LogP contribution in [-0.4, -0.2) is 58.4 Å². The molecule has 0 spiro atoms. The number of hydrogen-bond donors (Lipinski definition) is 1. The van der Waals surface area contributed by atoms with Crippen molar-refractivity contribution in [3.05, 3.63) is 62.9 Å². The van der Waals surface area contributed by atoms with Crippen molar-refractivity contribution in [3.63, 3.8) is 0 Å². The zero-order valence-electron chi connectivity index (χ0n) is 17.0. The zero-order chi connectivity index (χ0) is 22.7. The van der Waals surface area contributed by atoms with Crippen molar-refractivity contribution >= 4 is 52.1 Å². The maximum Gasteiger partial charge on any atom is 0.293 e. The van der Waals surface area contributed by atoms with E-state index in [1.165, 1.54) is 29.5 Å². The normalized spacial score (nSPS) is 19.8. The van der Waals surface area contributed by atoms with Crippen molar-refractivity contribution in [1.82, 2.24) is 15.1 Å². The zero-order valence-corrected chi connectivity index (χ0v) is 18.6. The van der Waals surface area contributed by atoms with Crippen molar-refractivity contribution in [2.75, 3.05) is 19.6 Å². The van der Waals surface area contributed by atoms with Gasteiger partial charge in [-0.3, -0.25) is 24.1 Å². The molecule has 2 fully saturated rings. The Morgan fingerprint density at radius 3 is 2.75 bits per heavy atom. The number of benzene rings is 1. The van der Waals surface area contributed by atoms with Crippen LogP contribution in [0, 0.1) is 5.82 Å². The number of carbonyl (C=O) groups is 4. The molecular weight excluding hydrogens is 453 g/mol. The summed E-state index contributed by atoms with van der Waals surface area (Å²) in [6.45, 7) is 0.580. The first-order valence-corrected chi connectivity index (χ1v) is 11.8. The van der Waals surface area contributed by atoms with Gasteiger partial charge in [0.05, 0.1) is 9.78 Å². The molecule has 1 aromatic carbocycles. The van der Waals surface area contributed by atoms with Gasteiger partial charge in [-0.25, -0.2) is 4.39 Å². The van der Waals surface area contributed by atoms with Gasteiger partial charge in [-0.1, -0.05) is 24.3 Å². The predicted molar refractivity (Wildman–Crippen MR) is 120 cm³/mol. The average Bonchev–Trinajstić information content (AvgIpc) is 3.53. The highest BCUT2D eigenvalue weighted by Crippen LogP contribution is 2.32. The molecule has 2 saturated heterocycles. The number of hydrogen-bond acceptors (Lipinski definition) is 6. The second-order valence-electron chi connectivity index (χ2n) is 7.28. The first-order valence-electron chi connectivity index (χ1n) is 10.1. The van der Waals surface area contributed by atoms with Gasteiger partial charge in [0.1, 0.15) is 11.9 Å². The van der Waals surface area contributed by atoms with E-state index >= 15 is 0 Å². The molecule has 2 aromatic rings. The third kappa shape index (κ3) is 4.61. The van der Waals surface area contributed by atoms with Gasteiger partial charge in [-0.15, -0.1) is 11.3 Å². The monoisotopic (exact) mass is 473 g/mol. The highest BCUT2D eigenvalue weighted by atomic mass is 32.2. The third-order valence-electron chi connectivity index (χ3n) is 5.25. The van der Waals surface area contributed by atoms with Crippen molar-refractivity contribution in [2.45, 2.75) is 18.9 Å². The van der Waals surface area contributed by atoms with Gasteiger partial charge >= 0.3 is 0 Å². The summed E-state index contributed by atoms with van der Waals surface area (Å²) in [5.74, 6) is -1.47. The standard InChI is InChI=1S/C22H20FN3O4S2/c23-15-6-2-1-5-14(15)13-18-21(29)26(22(30)32-18)11-9-24-19(27)16-7-3-10-25(16)20(28)17-8-4-12-31-17/h1-2,4-6,8,12-13,16H,3,7,9-11H2,(H,24,27)/b18-13-. The van der Waals surface area contributed by atoms with E-state index in [0.29, 0.717) is 17.8 Å². The second-order valence-corrected chi connectivity index (χ2v) is 9.22. The molecule has 7 nitrogen and oxygen atoms in total. The molecule has 3 heterocycles. The molecule has 1 aromatic heterocycles. The van der Waals surface area contributed by atoms with Crippen molar-refractivity contribution in [2.24, 2.45) is 0 Å². The quantitative estimate of drug-likeness (QED) is 0.651. The fourth-order valence-corrected chi connectivity index (χ4v) is 5.19. The van der Waals surface area contributed by atoms with E-state index in [1.807, 2.05) is 5.38 Å². The van der Waals surface area contributed by atoms with Gasteiger partial charge in [-0.05, 0) is 48.2 Å². The first kappa shape index (κ1) is 22.2. The van der Waals surface area contributed by atoms with Crippen LogP contribution in [0.25, 0.3) is 6.08 Å². The number of nitrogens with zero attached hydrogens (tertiary/aromatic N) is 2.